The third kappa shape index (κ3) is 4.63. The highest BCUT2D eigenvalue weighted by molar-refractivity contribution is 6.30. The number of nitrogens with zero attached hydrogens (tertiary/aromatic N) is 1. The summed E-state index contributed by atoms with van der Waals surface area (Å²) in [7, 11) is 1.72. The van der Waals surface area contributed by atoms with E-state index in [4.69, 9.17) is 11.6 Å². The molecule has 0 unspecified atom stereocenters. The van der Waals surface area contributed by atoms with Crippen LogP contribution in [0, 0.1) is 0 Å². The molecule has 0 saturated carbocycles. The fourth-order valence-corrected chi connectivity index (χ4v) is 3.02. The summed E-state index contributed by atoms with van der Waals surface area (Å²) in [6.07, 6.45) is 3.62. The average molecular weight is 383 g/mol. The summed E-state index contributed by atoms with van der Waals surface area (Å²) in [6, 6.07) is 12.4. The first kappa shape index (κ1) is 18.9. The molecule has 1 aliphatic rings. The van der Waals surface area contributed by atoms with Crippen molar-refractivity contribution >= 4 is 41.0 Å². The maximum Gasteiger partial charge on any atom is 0.244 e. The fraction of sp³-hybridized carbons (Fsp3) is 0.190. The first-order valence-electron chi connectivity index (χ1n) is 8.58. The molecular formula is C21H19ClN2O3. The monoisotopic (exact) mass is 382 g/mol. The summed E-state index contributed by atoms with van der Waals surface area (Å²) >= 11 is 5.81. The lowest BCUT2D eigenvalue weighted by Gasteiger charge is -2.10. The van der Waals surface area contributed by atoms with Crippen LogP contribution in [0.15, 0.2) is 48.5 Å². The van der Waals surface area contributed by atoms with Crippen LogP contribution in [0.3, 0.4) is 0 Å². The first-order valence-corrected chi connectivity index (χ1v) is 8.96. The van der Waals surface area contributed by atoms with Gasteiger partial charge in [-0.3, -0.25) is 14.4 Å². The van der Waals surface area contributed by atoms with Gasteiger partial charge in [-0.25, -0.2) is 0 Å². The summed E-state index contributed by atoms with van der Waals surface area (Å²) in [4.78, 5) is 37.5. The van der Waals surface area contributed by atoms with Crippen molar-refractivity contribution in [2.45, 2.75) is 12.8 Å². The quantitative estimate of drug-likeness (QED) is 0.616. The number of fused-ring (bicyclic) bond motifs is 1. The third-order valence-corrected chi connectivity index (χ3v) is 4.68. The Hall–Kier alpha value is -2.92. The lowest BCUT2D eigenvalue weighted by molar-refractivity contribution is -0.117. The summed E-state index contributed by atoms with van der Waals surface area (Å²) < 4.78 is 0. The number of hydrogen-bond acceptors (Lipinski definition) is 3. The highest BCUT2D eigenvalue weighted by Crippen LogP contribution is 2.28. The van der Waals surface area contributed by atoms with E-state index in [0.717, 1.165) is 16.8 Å². The zero-order chi connectivity index (χ0) is 19.4. The van der Waals surface area contributed by atoms with Crippen LogP contribution in [-0.2, 0) is 16.0 Å². The smallest absolute Gasteiger partial charge is 0.244 e. The number of anilines is 1. The third-order valence-electron chi connectivity index (χ3n) is 4.43. The SMILES string of the molecule is CN1C(=O)Cc2cc(C(=O)CCNC(=O)/C=C/c3ccc(Cl)cc3)ccc21. The lowest BCUT2D eigenvalue weighted by Crippen LogP contribution is -2.24. The Bertz CT molecular complexity index is 920. The molecule has 1 N–H and O–H groups in total. The van der Waals surface area contributed by atoms with Crippen molar-refractivity contribution in [3.05, 3.63) is 70.3 Å². The fourth-order valence-electron chi connectivity index (χ4n) is 2.89. The molecule has 0 bridgehead atoms. The highest BCUT2D eigenvalue weighted by atomic mass is 35.5. The summed E-state index contributed by atoms with van der Waals surface area (Å²) in [5, 5.41) is 3.33. The Morgan fingerprint density at radius 3 is 2.67 bits per heavy atom. The Balaban J connectivity index is 1.50. The molecule has 27 heavy (non-hydrogen) atoms. The number of hydrogen-bond donors (Lipinski definition) is 1. The summed E-state index contributed by atoms with van der Waals surface area (Å²) in [5.74, 6) is -0.310. The van der Waals surface area contributed by atoms with Gasteiger partial charge in [-0.05, 0) is 47.5 Å². The van der Waals surface area contributed by atoms with Crippen molar-refractivity contribution in [1.82, 2.24) is 5.32 Å². The standard InChI is InChI=1S/C21H19ClN2O3/c1-24-18-8-5-15(12-16(18)13-21(24)27)19(25)10-11-23-20(26)9-4-14-2-6-17(22)7-3-14/h2-9,12H,10-11,13H2,1H3,(H,23,26)/b9-4+. The summed E-state index contributed by atoms with van der Waals surface area (Å²) in [6.45, 7) is 0.249. The van der Waals surface area contributed by atoms with Gasteiger partial charge in [0.25, 0.3) is 0 Å². The maximum absolute atomic E-state index is 12.3. The summed E-state index contributed by atoms with van der Waals surface area (Å²) in [5.41, 5.74) is 3.13. The maximum atomic E-state index is 12.3. The average Bonchev–Trinajstić information content (AvgIpc) is 2.94. The molecule has 0 spiro atoms. The molecule has 3 rings (SSSR count). The second kappa shape index (κ2) is 8.18. The second-order valence-electron chi connectivity index (χ2n) is 6.32. The number of carbonyl (C=O) groups excluding carboxylic acids is 3. The van der Waals surface area contributed by atoms with Crippen LogP contribution in [0.4, 0.5) is 5.69 Å². The van der Waals surface area contributed by atoms with Crippen molar-refractivity contribution < 1.29 is 14.4 Å². The topological polar surface area (TPSA) is 66.5 Å². The first-order chi connectivity index (χ1) is 12.9. The molecule has 0 aliphatic carbocycles. The van der Waals surface area contributed by atoms with Crippen LogP contribution in [0.1, 0.15) is 27.9 Å². The van der Waals surface area contributed by atoms with E-state index in [1.807, 2.05) is 12.1 Å². The molecule has 2 aromatic carbocycles. The molecule has 1 heterocycles. The van der Waals surface area contributed by atoms with E-state index in [2.05, 4.69) is 5.32 Å². The Labute approximate surface area is 162 Å². The zero-order valence-electron chi connectivity index (χ0n) is 14.9. The van der Waals surface area contributed by atoms with Crippen molar-refractivity contribution in [1.29, 1.82) is 0 Å². The largest absolute Gasteiger partial charge is 0.352 e. The minimum atomic E-state index is -0.265. The van der Waals surface area contributed by atoms with Crippen molar-refractivity contribution in [2.75, 3.05) is 18.5 Å². The minimum absolute atomic E-state index is 0.0225. The van der Waals surface area contributed by atoms with Crippen LogP contribution in [0.25, 0.3) is 6.08 Å². The number of rotatable bonds is 6. The highest BCUT2D eigenvalue weighted by Gasteiger charge is 2.24. The number of ketones is 1. The number of Topliss-reactive ketones (excluding diaryl/α,β-unsaturated/α-hetero) is 1. The van der Waals surface area contributed by atoms with Crippen LogP contribution >= 0.6 is 11.6 Å². The van der Waals surface area contributed by atoms with E-state index in [9.17, 15) is 14.4 Å². The van der Waals surface area contributed by atoms with Crippen molar-refractivity contribution in [3.63, 3.8) is 0 Å². The molecule has 0 saturated heterocycles. The molecule has 0 radical (unpaired) electrons. The van der Waals surface area contributed by atoms with Gasteiger partial charge in [0.15, 0.2) is 5.78 Å². The van der Waals surface area contributed by atoms with Gasteiger partial charge in [-0.15, -0.1) is 0 Å². The van der Waals surface area contributed by atoms with E-state index in [1.54, 1.807) is 48.4 Å². The van der Waals surface area contributed by atoms with Crippen molar-refractivity contribution in [2.24, 2.45) is 0 Å². The van der Waals surface area contributed by atoms with Gasteiger partial charge in [0.2, 0.25) is 11.8 Å². The normalized spacial score (nSPS) is 13.1. The second-order valence-corrected chi connectivity index (χ2v) is 6.76. The van der Waals surface area contributed by atoms with Crippen LogP contribution in [0.2, 0.25) is 5.02 Å². The minimum Gasteiger partial charge on any atom is -0.352 e. The van der Waals surface area contributed by atoms with Gasteiger partial charge >= 0.3 is 0 Å². The molecular weight excluding hydrogens is 364 g/mol. The predicted molar refractivity (Wildman–Crippen MR) is 106 cm³/mol. The van der Waals surface area contributed by atoms with Crippen molar-refractivity contribution in [3.8, 4) is 0 Å². The molecule has 6 heteroatoms. The molecule has 2 amide bonds. The van der Waals surface area contributed by atoms with Gasteiger partial charge in [0.1, 0.15) is 0 Å². The van der Waals surface area contributed by atoms with Gasteiger partial charge in [-0.2, -0.15) is 0 Å². The number of benzene rings is 2. The number of amides is 2. The number of halogens is 1. The Morgan fingerprint density at radius 2 is 1.93 bits per heavy atom. The van der Waals surface area contributed by atoms with Gasteiger partial charge in [-0.1, -0.05) is 23.7 Å². The van der Waals surface area contributed by atoms with E-state index < -0.39 is 0 Å². The number of nitrogens with one attached hydrogen (secondary N) is 1. The predicted octanol–water partition coefficient (Wildman–Crippen LogP) is 3.26. The van der Waals surface area contributed by atoms with Gasteiger partial charge < -0.3 is 10.2 Å². The van der Waals surface area contributed by atoms with E-state index in [-0.39, 0.29) is 30.6 Å². The van der Waals surface area contributed by atoms with Crippen LogP contribution < -0.4 is 10.2 Å². The van der Waals surface area contributed by atoms with Gasteiger partial charge in [0.05, 0.1) is 6.42 Å². The number of likely N-dealkylation sites (N-methyl/N-ethyl adjacent to an activating group) is 1. The molecule has 0 atom stereocenters. The molecule has 0 fully saturated rings. The van der Waals surface area contributed by atoms with Crippen LogP contribution in [-0.4, -0.2) is 31.2 Å². The molecule has 2 aromatic rings. The van der Waals surface area contributed by atoms with E-state index >= 15 is 0 Å². The Kier molecular flexibility index (Phi) is 5.72. The zero-order valence-corrected chi connectivity index (χ0v) is 15.6. The van der Waals surface area contributed by atoms with Gasteiger partial charge in [0, 0.05) is 42.4 Å². The van der Waals surface area contributed by atoms with E-state index in [1.165, 1.54) is 6.08 Å². The number of carbonyl (C=O) groups is 3. The van der Waals surface area contributed by atoms with E-state index in [0.29, 0.717) is 17.0 Å². The molecule has 1 aliphatic heterocycles. The molecule has 138 valence electrons. The van der Waals surface area contributed by atoms with Crippen LogP contribution in [0.5, 0.6) is 0 Å². The lowest BCUT2D eigenvalue weighted by atomic mass is 10.0. The molecule has 0 aromatic heterocycles. The molecule has 5 nitrogen and oxygen atoms in total. The Morgan fingerprint density at radius 1 is 1.19 bits per heavy atom.